The van der Waals surface area contributed by atoms with Gasteiger partial charge in [0.25, 0.3) is 5.91 Å². The van der Waals surface area contributed by atoms with Crippen LogP contribution in [0.2, 0.25) is 5.02 Å². The molecule has 2 heterocycles. The quantitative estimate of drug-likeness (QED) is 0.662. The van der Waals surface area contributed by atoms with Gasteiger partial charge in [0.1, 0.15) is 0 Å². The molecule has 2 amide bonds. The van der Waals surface area contributed by atoms with E-state index in [1.54, 1.807) is 23.1 Å². The van der Waals surface area contributed by atoms with Crippen molar-refractivity contribution in [1.82, 2.24) is 9.78 Å². The number of aryl methyl sites for hydroxylation is 1. The molecule has 0 spiro atoms. The molecule has 0 bridgehead atoms. The van der Waals surface area contributed by atoms with Gasteiger partial charge in [-0.25, -0.2) is 4.68 Å². The molecule has 0 atom stereocenters. The van der Waals surface area contributed by atoms with E-state index in [9.17, 15) is 9.59 Å². The third-order valence-corrected chi connectivity index (χ3v) is 5.73. The van der Waals surface area contributed by atoms with E-state index < -0.39 is 0 Å². The Bertz CT molecular complexity index is 1020. The van der Waals surface area contributed by atoms with Crippen molar-refractivity contribution in [2.24, 2.45) is 5.92 Å². The topological polar surface area (TPSA) is 76.0 Å². The smallest absolute Gasteiger partial charge is 0.266 e. The summed E-state index contributed by atoms with van der Waals surface area (Å²) in [7, 11) is 0. The highest BCUT2D eigenvalue weighted by molar-refractivity contribution is 7.18. The van der Waals surface area contributed by atoms with E-state index in [4.69, 9.17) is 11.6 Å². The summed E-state index contributed by atoms with van der Waals surface area (Å²) in [5, 5.41) is 11.2. The molecule has 1 aliphatic rings. The van der Waals surface area contributed by atoms with Gasteiger partial charge in [0.15, 0.2) is 0 Å². The van der Waals surface area contributed by atoms with Crippen molar-refractivity contribution in [2.45, 2.75) is 19.8 Å². The maximum Gasteiger partial charge on any atom is 0.266 e. The molecule has 4 rings (SSSR count). The first kappa shape index (κ1) is 17.8. The number of hydrogen-bond acceptors (Lipinski definition) is 4. The number of anilines is 2. The van der Waals surface area contributed by atoms with Gasteiger partial charge in [-0.2, -0.15) is 5.10 Å². The largest absolute Gasteiger partial charge is 0.319 e. The molecule has 0 saturated heterocycles. The molecule has 0 unspecified atom stereocenters. The number of nitrogens with zero attached hydrogens (tertiary/aromatic N) is 2. The highest BCUT2D eigenvalue weighted by Crippen LogP contribution is 2.33. The summed E-state index contributed by atoms with van der Waals surface area (Å²) in [5.74, 6) is -0.0762. The fraction of sp³-hybridized carbons (Fsp3) is 0.211. The molecular weight excluding hydrogens is 384 g/mol. The molecule has 6 nitrogen and oxygen atoms in total. The van der Waals surface area contributed by atoms with Crippen LogP contribution in [0.1, 0.15) is 28.1 Å². The zero-order chi connectivity index (χ0) is 19.0. The number of carbonyl (C=O) groups excluding carboxylic acids is 2. The van der Waals surface area contributed by atoms with Crippen LogP contribution in [0.25, 0.3) is 5.69 Å². The van der Waals surface area contributed by atoms with Crippen molar-refractivity contribution in [2.75, 3.05) is 10.6 Å². The summed E-state index contributed by atoms with van der Waals surface area (Å²) in [4.78, 5) is 25.1. The van der Waals surface area contributed by atoms with Crippen molar-refractivity contribution in [3.63, 3.8) is 0 Å². The van der Waals surface area contributed by atoms with Gasteiger partial charge in [-0.05, 0) is 43.5 Å². The molecule has 27 heavy (non-hydrogen) atoms. The number of hydrogen-bond donors (Lipinski definition) is 2. The summed E-state index contributed by atoms with van der Waals surface area (Å²) < 4.78 is 1.61. The van der Waals surface area contributed by atoms with Crippen LogP contribution in [-0.4, -0.2) is 21.6 Å². The minimum atomic E-state index is -0.233. The molecule has 1 saturated carbocycles. The lowest BCUT2D eigenvalue weighted by Crippen LogP contribution is -2.12. The first-order valence-electron chi connectivity index (χ1n) is 8.53. The molecule has 3 aromatic rings. The number of rotatable bonds is 5. The fourth-order valence-corrected chi connectivity index (χ4v) is 3.88. The van der Waals surface area contributed by atoms with Crippen molar-refractivity contribution >= 4 is 45.4 Å². The van der Waals surface area contributed by atoms with Gasteiger partial charge in [-0.3, -0.25) is 9.59 Å². The second kappa shape index (κ2) is 7.17. The van der Waals surface area contributed by atoms with E-state index in [1.165, 1.54) is 11.3 Å². The lowest BCUT2D eigenvalue weighted by atomic mass is 10.2. The Morgan fingerprint density at radius 2 is 2.04 bits per heavy atom. The van der Waals surface area contributed by atoms with Crippen molar-refractivity contribution in [1.29, 1.82) is 0 Å². The van der Waals surface area contributed by atoms with E-state index in [-0.39, 0.29) is 17.7 Å². The van der Waals surface area contributed by atoms with E-state index in [0.717, 1.165) is 24.1 Å². The average molecular weight is 401 g/mol. The van der Waals surface area contributed by atoms with Crippen LogP contribution >= 0.6 is 22.9 Å². The highest BCUT2D eigenvalue weighted by atomic mass is 35.5. The summed E-state index contributed by atoms with van der Waals surface area (Å²) in [5.41, 5.74) is 2.12. The van der Waals surface area contributed by atoms with Crippen molar-refractivity contribution < 1.29 is 9.59 Å². The van der Waals surface area contributed by atoms with E-state index in [1.807, 2.05) is 31.2 Å². The molecule has 0 radical (unpaired) electrons. The van der Waals surface area contributed by atoms with Crippen LogP contribution < -0.4 is 10.6 Å². The molecule has 2 aromatic heterocycles. The summed E-state index contributed by atoms with van der Waals surface area (Å²) in [6.45, 7) is 1.85. The number of halogens is 1. The first-order chi connectivity index (χ1) is 13.0. The Balaban J connectivity index is 1.47. The van der Waals surface area contributed by atoms with Crippen LogP contribution in [0, 0.1) is 12.8 Å². The molecule has 2 N–H and O–H groups in total. The third kappa shape index (κ3) is 3.89. The lowest BCUT2D eigenvalue weighted by Gasteiger charge is -2.03. The standard InChI is InChI=1S/C19H17ClN4O2S/c1-11-8-16(23-18(25)12-6-7-12)27-17(11)19(26)22-13-9-21-24(10-13)15-5-3-2-4-14(15)20/h2-5,8-10,12H,6-7H2,1H3,(H,22,26)(H,23,25). The Morgan fingerprint density at radius 3 is 2.78 bits per heavy atom. The Labute approximate surface area is 165 Å². The van der Waals surface area contributed by atoms with Crippen LogP contribution in [0.5, 0.6) is 0 Å². The summed E-state index contributed by atoms with van der Waals surface area (Å²) >= 11 is 7.45. The number of thiophene rings is 1. The van der Waals surface area contributed by atoms with Gasteiger partial charge in [-0.1, -0.05) is 23.7 Å². The Kier molecular flexibility index (Phi) is 4.72. The Hall–Kier alpha value is -2.64. The summed E-state index contributed by atoms with van der Waals surface area (Å²) in [6, 6.07) is 9.17. The molecule has 1 aliphatic carbocycles. The number of nitrogens with one attached hydrogen (secondary N) is 2. The molecular formula is C19H17ClN4O2S. The number of amides is 2. The SMILES string of the molecule is Cc1cc(NC(=O)C2CC2)sc1C(=O)Nc1cnn(-c2ccccc2Cl)c1. The second-order valence-electron chi connectivity index (χ2n) is 6.47. The van der Waals surface area contributed by atoms with Gasteiger partial charge in [0.05, 0.1) is 38.7 Å². The zero-order valence-corrected chi connectivity index (χ0v) is 16.1. The third-order valence-electron chi connectivity index (χ3n) is 4.26. The average Bonchev–Trinajstić information content (AvgIpc) is 3.29. The highest BCUT2D eigenvalue weighted by Gasteiger charge is 2.30. The number of aromatic nitrogens is 2. The minimum absolute atomic E-state index is 0.0317. The summed E-state index contributed by atoms with van der Waals surface area (Å²) in [6.07, 6.45) is 5.16. The first-order valence-corrected chi connectivity index (χ1v) is 9.73. The number of benzene rings is 1. The molecule has 1 fully saturated rings. The van der Waals surface area contributed by atoms with Gasteiger partial charge in [0.2, 0.25) is 5.91 Å². The normalized spacial score (nSPS) is 13.4. The molecule has 1 aromatic carbocycles. The maximum atomic E-state index is 12.6. The van der Waals surface area contributed by atoms with Crippen molar-refractivity contribution in [3.05, 3.63) is 58.2 Å². The lowest BCUT2D eigenvalue weighted by molar-refractivity contribution is -0.117. The number of carbonyl (C=O) groups is 2. The predicted molar refractivity (Wildman–Crippen MR) is 107 cm³/mol. The van der Waals surface area contributed by atoms with Crippen molar-refractivity contribution in [3.8, 4) is 5.69 Å². The van der Waals surface area contributed by atoms with Crippen LogP contribution in [0.3, 0.4) is 0 Å². The molecule has 0 aliphatic heterocycles. The van der Waals surface area contributed by atoms with Crippen LogP contribution in [0.4, 0.5) is 10.7 Å². The maximum absolute atomic E-state index is 12.6. The van der Waals surface area contributed by atoms with Crippen LogP contribution in [0.15, 0.2) is 42.7 Å². The van der Waals surface area contributed by atoms with E-state index in [2.05, 4.69) is 15.7 Å². The van der Waals surface area contributed by atoms with Gasteiger partial charge in [-0.15, -0.1) is 11.3 Å². The van der Waals surface area contributed by atoms with Gasteiger partial charge >= 0.3 is 0 Å². The molecule has 8 heteroatoms. The minimum Gasteiger partial charge on any atom is -0.319 e. The van der Waals surface area contributed by atoms with Gasteiger partial charge < -0.3 is 10.6 Å². The molecule has 138 valence electrons. The second-order valence-corrected chi connectivity index (χ2v) is 7.92. The fourth-order valence-electron chi connectivity index (χ4n) is 2.68. The number of para-hydroxylation sites is 1. The van der Waals surface area contributed by atoms with E-state index in [0.29, 0.717) is 20.6 Å². The zero-order valence-electron chi connectivity index (χ0n) is 14.5. The van der Waals surface area contributed by atoms with E-state index >= 15 is 0 Å². The van der Waals surface area contributed by atoms with Gasteiger partial charge in [0, 0.05) is 5.92 Å². The Morgan fingerprint density at radius 1 is 1.26 bits per heavy atom. The monoisotopic (exact) mass is 400 g/mol. The predicted octanol–water partition coefficient (Wildman–Crippen LogP) is 4.50. The van der Waals surface area contributed by atoms with Crippen LogP contribution in [-0.2, 0) is 4.79 Å².